The lowest BCUT2D eigenvalue weighted by molar-refractivity contribution is 0.0985. The molecule has 28 heavy (non-hydrogen) atoms. The molecule has 2 heterocycles. The highest BCUT2D eigenvalue weighted by Crippen LogP contribution is 2.34. The van der Waals surface area contributed by atoms with E-state index in [1.807, 2.05) is 30.3 Å². The van der Waals surface area contributed by atoms with Crippen LogP contribution in [0.1, 0.15) is 16.1 Å². The summed E-state index contributed by atoms with van der Waals surface area (Å²) in [4.78, 5) is 23.8. The summed E-state index contributed by atoms with van der Waals surface area (Å²) in [6.07, 6.45) is 1.68. The second-order valence-electron chi connectivity index (χ2n) is 5.95. The quantitative estimate of drug-likeness (QED) is 0.358. The zero-order valence-corrected chi connectivity index (χ0v) is 17.4. The SMILES string of the molecule is O=C(c1cc(Cl)cc(Cl)c1)N(Cc1ccccn1)c1nc2c(Cl)cccc2s1. The average molecular weight is 449 g/mol. The Morgan fingerprint density at radius 3 is 2.46 bits per heavy atom. The number of rotatable bonds is 4. The van der Waals surface area contributed by atoms with Crippen molar-refractivity contribution < 1.29 is 4.79 Å². The molecular formula is C20H12Cl3N3OS. The number of fused-ring (bicyclic) bond motifs is 1. The van der Waals surface area contributed by atoms with E-state index in [2.05, 4.69) is 9.97 Å². The zero-order chi connectivity index (χ0) is 19.7. The van der Waals surface area contributed by atoms with Crippen LogP contribution in [-0.4, -0.2) is 15.9 Å². The number of nitrogens with zero attached hydrogens (tertiary/aromatic N) is 3. The number of para-hydroxylation sites is 1. The lowest BCUT2D eigenvalue weighted by atomic mass is 10.2. The van der Waals surface area contributed by atoms with Gasteiger partial charge >= 0.3 is 0 Å². The lowest BCUT2D eigenvalue weighted by Gasteiger charge is -2.20. The average Bonchev–Trinajstić information content (AvgIpc) is 3.11. The van der Waals surface area contributed by atoms with Crippen molar-refractivity contribution in [2.45, 2.75) is 6.54 Å². The molecule has 140 valence electrons. The number of anilines is 1. The van der Waals surface area contributed by atoms with Crippen molar-refractivity contribution in [3.63, 3.8) is 0 Å². The summed E-state index contributed by atoms with van der Waals surface area (Å²) in [6, 6.07) is 15.8. The predicted octanol–water partition coefficient (Wildman–Crippen LogP) is 6.50. The maximum absolute atomic E-state index is 13.3. The first-order chi connectivity index (χ1) is 13.5. The number of thiazole rings is 1. The highest BCUT2D eigenvalue weighted by molar-refractivity contribution is 7.22. The molecule has 0 radical (unpaired) electrons. The number of aromatic nitrogens is 2. The molecule has 0 aliphatic carbocycles. The van der Waals surface area contributed by atoms with Gasteiger partial charge in [0.15, 0.2) is 5.13 Å². The zero-order valence-electron chi connectivity index (χ0n) is 14.3. The van der Waals surface area contributed by atoms with Crippen molar-refractivity contribution in [1.29, 1.82) is 0 Å². The summed E-state index contributed by atoms with van der Waals surface area (Å²) in [5.74, 6) is -0.273. The molecule has 2 aromatic carbocycles. The second-order valence-corrected chi connectivity index (χ2v) is 8.24. The van der Waals surface area contributed by atoms with Crippen molar-refractivity contribution in [3.05, 3.63) is 87.1 Å². The molecule has 4 nitrogen and oxygen atoms in total. The third-order valence-corrected chi connectivity index (χ3v) is 5.78. The fraction of sp³-hybridized carbons (Fsp3) is 0.0500. The fourth-order valence-corrected chi connectivity index (χ4v) is 4.52. The molecular weight excluding hydrogens is 437 g/mol. The summed E-state index contributed by atoms with van der Waals surface area (Å²) in [5, 5.41) is 1.84. The van der Waals surface area contributed by atoms with E-state index in [0.717, 1.165) is 10.4 Å². The molecule has 4 aromatic rings. The molecule has 4 rings (SSSR count). The van der Waals surface area contributed by atoms with Crippen molar-refractivity contribution in [2.24, 2.45) is 0 Å². The molecule has 0 spiro atoms. The van der Waals surface area contributed by atoms with Gasteiger partial charge in [0, 0.05) is 21.8 Å². The summed E-state index contributed by atoms with van der Waals surface area (Å²) in [6.45, 7) is 0.251. The molecule has 0 atom stereocenters. The maximum atomic E-state index is 13.3. The first kappa shape index (κ1) is 19.2. The molecule has 0 unspecified atom stereocenters. The summed E-state index contributed by atoms with van der Waals surface area (Å²) >= 11 is 19.8. The van der Waals surface area contributed by atoms with E-state index in [0.29, 0.717) is 31.3 Å². The van der Waals surface area contributed by atoms with Crippen LogP contribution in [0.4, 0.5) is 5.13 Å². The Kier molecular flexibility index (Phi) is 5.51. The van der Waals surface area contributed by atoms with Crippen LogP contribution in [0.2, 0.25) is 15.1 Å². The molecule has 0 aliphatic rings. The molecule has 0 N–H and O–H groups in total. The minimum atomic E-state index is -0.273. The van der Waals surface area contributed by atoms with Crippen molar-refractivity contribution >= 4 is 67.4 Å². The normalized spacial score (nSPS) is 11.0. The van der Waals surface area contributed by atoms with Gasteiger partial charge in [0.2, 0.25) is 0 Å². The van der Waals surface area contributed by atoms with Gasteiger partial charge < -0.3 is 0 Å². The highest BCUT2D eigenvalue weighted by Gasteiger charge is 2.23. The van der Waals surface area contributed by atoms with Gasteiger partial charge in [-0.05, 0) is 42.5 Å². The number of pyridine rings is 1. The molecule has 0 bridgehead atoms. The number of carbonyl (C=O) groups is 1. The first-order valence-electron chi connectivity index (χ1n) is 8.24. The molecule has 0 saturated heterocycles. The van der Waals surface area contributed by atoms with Crippen molar-refractivity contribution in [3.8, 4) is 0 Å². The van der Waals surface area contributed by atoms with E-state index in [1.54, 1.807) is 35.4 Å². The second kappa shape index (κ2) is 8.05. The monoisotopic (exact) mass is 447 g/mol. The maximum Gasteiger partial charge on any atom is 0.260 e. The Morgan fingerprint density at radius 1 is 1.00 bits per heavy atom. The van der Waals surface area contributed by atoms with Gasteiger partial charge in [-0.3, -0.25) is 14.7 Å². The Bertz CT molecular complexity index is 1140. The highest BCUT2D eigenvalue weighted by atomic mass is 35.5. The van der Waals surface area contributed by atoms with Gasteiger partial charge in [0.25, 0.3) is 5.91 Å². The summed E-state index contributed by atoms with van der Waals surface area (Å²) < 4.78 is 0.894. The van der Waals surface area contributed by atoms with E-state index in [1.165, 1.54) is 11.3 Å². The van der Waals surface area contributed by atoms with Crippen LogP contribution in [-0.2, 0) is 6.54 Å². The Hall–Kier alpha value is -2.18. The minimum Gasteiger partial charge on any atom is -0.278 e. The van der Waals surface area contributed by atoms with Gasteiger partial charge in [0.05, 0.1) is 22.0 Å². The smallest absolute Gasteiger partial charge is 0.260 e. The molecule has 8 heteroatoms. The van der Waals surface area contributed by atoms with Crippen LogP contribution < -0.4 is 4.90 Å². The van der Waals surface area contributed by atoms with Crippen molar-refractivity contribution in [1.82, 2.24) is 9.97 Å². The third-order valence-electron chi connectivity index (χ3n) is 3.99. The molecule has 2 aromatic heterocycles. The number of benzene rings is 2. The molecule has 1 amide bonds. The first-order valence-corrected chi connectivity index (χ1v) is 10.2. The van der Waals surface area contributed by atoms with Crippen molar-refractivity contribution in [2.75, 3.05) is 4.90 Å². The Morgan fingerprint density at radius 2 is 1.79 bits per heavy atom. The van der Waals surface area contributed by atoms with Gasteiger partial charge in [-0.2, -0.15) is 0 Å². The lowest BCUT2D eigenvalue weighted by Crippen LogP contribution is -2.30. The minimum absolute atomic E-state index is 0.251. The van der Waals surface area contributed by atoms with Crippen LogP contribution in [0.3, 0.4) is 0 Å². The topological polar surface area (TPSA) is 46.1 Å². The van der Waals surface area contributed by atoms with Crippen LogP contribution in [0.15, 0.2) is 60.8 Å². The molecule has 0 saturated carbocycles. The van der Waals surface area contributed by atoms with Crippen LogP contribution in [0.25, 0.3) is 10.2 Å². The Labute approximate surface area is 180 Å². The van der Waals surface area contributed by atoms with Gasteiger partial charge in [-0.15, -0.1) is 0 Å². The van der Waals surface area contributed by atoms with E-state index in [4.69, 9.17) is 34.8 Å². The van der Waals surface area contributed by atoms with Gasteiger partial charge in [-0.25, -0.2) is 4.98 Å². The van der Waals surface area contributed by atoms with Crippen LogP contribution >= 0.6 is 46.1 Å². The molecule has 0 fully saturated rings. The predicted molar refractivity (Wildman–Crippen MR) is 116 cm³/mol. The van der Waals surface area contributed by atoms with E-state index in [9.17, 15) is 4.79 Å². The third kappa shape index (κ3) is 3.98. The van der Waals surface area contributed by atoms with Gasteiger partial charge in [-0.1, -0.05) is 58.3 Å². The summed E-state index contributed by atoms with van der Waals surface area (Å²) in [5.41, 5.74) is 1.76. The number of hydrogen-bond donors (Lipinski definition) is 0. The van der Waals surface area contributed by atoms with E-state index >= 15 is 0 Å². The Balaban J connectivity index is 1.80. The summed E-state index contributed by atoms with van der Waals surface area (Å²) in [7, 11) is 0. The largest absolute Gasteiger partial charge is 0.278 e. The standard InChI is InChI=1S/C20H12Cl3N3OS/c21-13-8-12(9-14(22)10-13)19(27)26(11-15-4-1-2-7-24-15)20-25-18-16(23)5-3-6-17(18)28-20/h1-10H,11H2. The fourth-order valence-electron chi connectivity index (χ4n) is 2.73. The number of amides is 1. The number of halogens is 3. The van der Waals surface area contributed by atoms with Crippen LogP contribution in [0, 0.1) is 0 Å². The number of hydrogen-bond acceptors (Lipinski definition) is 4. The van der Waals surface area contributed by atoms with Crippen LogP contribution in [0.5, 0.6) is 0 Å². The van der Waals surface area contributed by atoms with E-state index in [-0.39, 0.29) is 12.5 Å². The van der Waals surface area contributed by atoms with E-state index < -0.39 is 0 Å². The number of carbonyl (C=O) groups excluding carboxylic acids is 1. The van der Waals surface area contributed by atoms with Gasteiger partial charge in [0.1, 0.15) is 5.52 Å². The molecule has 0 aliphatic heterocycles.